The first-order chi connectivity index (χ1) is 14.7. The first kappa shape index (κ1) is 23.3. The minimum atomic E-state index is -4.19. The molecule has 0 radical (unpaired) electrons. The third-order valence-corrected chi connectivity index (χ3v) is 5.60. The predicted molar refractivity (Wildman–Crippen MR) is 116 cm³/mol. The van der Waals surface area contributed by atoms with Crippen LogP contribution in [0.4, 0.5) is 13.2 Å². The summed E-state index contributed by atoms with van der Waals surface area (Å²) in [5.74, 6) is -0.315. The monoisotopic (exact) mass is 433 g/mol. The van der Waals surface area contributed by atoms with Crippen LogP contribution in [0, 0.1) is 5.92 Å². The predicted octanol–water partition coefficient (Wildman–Crippen LogP) is 4.31. The van der Waals surface area contributed by atoms with Gasteiger partial charge in [-0.05, 0) is 62.3 Å². The molecule has 1 heterocycles. The highest BCUT2D eigenvalue weighted by Crippen LogP contribution is 2.25. The Kier molecular flexibility index (Phi) is 7.73. The van der Waals surface area contributed by atoms with Crippen molar-refractivity contribution in [2.75, 3.05) is 33.7 Å². The molecule has 2 aromatic rings. The molecule has 4 nitrogen and oxygen atoms in total. The fraction of sp³-hybridized carbons (Fsp3) is 0.458. The van der Waals surface area contributed by atoms with E-state index in [1.54, 1.807) is 0 Å². The summed E-state index contributed by atoms with van der Waals surface area (Å²) in [6.07, 6.45) is -3.28. The van der Waals surface area contributed by atoms with E-state index in [-0.39, 0.29) is 11.8 Å². The molecule has 1 saturated heterocycles. The van der Waals surface area contributed by atoms with E-state index in [4.69, 9.17) is 0 Å². The van der Waals surface area contributed by atoms with Gasteiger partial charge in [0.15, 0.2) is 0 Å². The SMILES string of the molecule is CN(C)Cc1ccc(-c2ccccc2CNC(=O)C2CCN(CC(F)(F)F)CC2)cc1. The molecule has 0 spiro atoms. The standard InChI is InChI=1S/C24H30F3N3O/c1-29(2)16-18-7-9-19(10-8-18)22-6-4-3-5-21(22)15-28-23(31)20-11-13-30(14-12-20)17-24(25,26)27/h3-10,20H,11-17H2,1-2H3,(H,28,31). The van der Waals surface area contributed by atoms with E-state index in [9.17, 15) is 18.0 Å². The van der Waals surface area contributed by atoms with Gasteiger partial charge in [-0.2, -0.15) is 13.2 Å². The number of amides is 1. The maximum Gasteiger partial charge on any atom is 0.401 e. The Hall–Kier alpha value is -2.38. The Morgan fingerprint density at radius 1 is 1.06 bits per heavy atom. The lowest BCUT2D eigenvalue weighted by Gasteiger charge is -2.31. The van der Waals surface area contributed by atoms with Crippen molar-refractivity contribution in [2.45, 2.75) is 32.1 Å². The molecule has 0 saturated carbocycles. The molecule has 1 aliphatic heterocycles. The normalized spacial score (nSPS) is 15.9. The number of carbonyl (C=O) groups is 1. The van der Waals surface area contributed by atoms with E-state index in [0.717, 1.165) is 23.2 Å². The number of piperidine rings is 1. The maximum atomic E-state index is 12.6. The smallest absolute Gasteiger partial charge is 0.352 e. The summed E-state index contributed by atoms with van der Waals surface area (Å²) < 4.78 is 37.6. The molecule has 0 aromatic heterocycles. The van der Waals surface area contributed by atoms with Gasteiger partial charge < -0.3 is 10.2 Å². The topological polar surface area (TPSA) is 35.6 Å². The molecule has 31 heavy (non-hydrogen) atoms. The van der Waals surface area contributed by atoms with E-state index in [2.05, 4.69) is 34.5 Å². The van der Waals surface area contributed by atoms with Crippen molar-refractivity contribution in [3.8, 4) is 11.1 Å². The van der Waals surface area contributed by atoms with Crippen molar-refractivity contribution in [3.05, 3.63) is 59.7 Å². The molecule has 1 aliphatic rings. The Bertz CT molecular complexity index is 857. The van der Waals surface area contributed by atoms with Crippen LogP contribution < -0.4 is 5.32 Å². The van der Waals surface area contributed by atoms with Gasteiger partial charge in [0, 0.05) is 19.0 Å². The first-order valence-electron chi connectivity index (χ1n) is 10.6. The molecule has 2 aromatic carbocycles. The maximum absolute atomic E-state index is 12.6. The van der Waals surface area contributed by atoms with Gasteiger partial charge in [0.2, 0.25) is 5.91 Å². The number of nitrogens with one attached hydrogen (secondary N) is 1. The fourth-order valence-electron chi connectivity index (χ4n) is 4.04. The van der Waals surface area contributed by atoms with Gasteiger partial charge in [-0.1, -0.05) is 48.5 Å². The second kappa shape index (κ2) is 10.3. The van der Waals surface area contributed by atoms with Crippen LogP contribution >= 0.6 is 0 Å². The van der Waals surface area contributed by atoms with E-state index in [0.29, 0.717) is 32.5 Å². The number of halogens is 3. The van der Waals surface area contributed by atoms with Gasteiger partial charge in [-0.3, -0.25) is 9.69 Å². The molecule has 3 rings (SSSR count). The molecule has 0 atom stereocenters. The summed E-state index contributed by atoms with van der Waals surface area (Å²) in [5.41, 5.74) is 4.41. The summed E-state index contributed by atoms with van der Waals surface area (Å²) in [6.45, 7) is 0.972. The van der Waals surface area contributed by atoms with Crippen LogP contribution in [-0.2, 0) is 17.9 Å². The average molecular weight is 434 g/mol. The van der Waals surface area contributed by atoms with E-state index in [1.165, 1.54) is 10.5 Å². The summed E-state index contributed by atoms with van der Waals surface area (Å²) in [6, 6.07) is 16.4. The van der Waals surface area contributed by atoms with Gasteiger partial charge in [0.1, 0.15) is 0 Å². The zero-order chi connectivity index (χ0) is 22.4. The van der Waals surface area contributed by atoms with Crippen molar-refractivity contribution in [2.24, 2.45) is 5.92 Å². The molecule has 1 N–H and O–H groups in total. The minimum absolute atomic E-state index is 0.0807. The quantitative estimate of drug-likeness (QED) is 0.707. The third-order valence-electron chi connectivity index (χ3n) is 5.60. The largest absolute Gasteiger partial charge is 0.401 e. The number of alkyl halides is 3. The highest BCUT2D eigenvalue weighted by Gasteiger charge is 2.33. The Balaban J connectivity index is 1.57. The van der Waals surface area contributed by atoms with Crippen LogP contribution in [0.5, 0.6) is 0 Å². The molecule has 1 amide bonds. The van der Waals surface area contributed by atoms with Gasteiger partial charge in [-0.25, -0.2) is 0 Å². The van der Waals surface area contributed by atoms with Crippen LogP contribution in [0.25, 0.3) is 11.1 Å². The second-order valence-electron chi connectivity index (χ2n) is 8.48. The van der Waals surface area contributed by atoms with Crippen molar-refractivity contribution >= 4 is 5.91 Å². The molecule has 1 fully saturated rings. The van der Waals surface area contributed by atoms with Gasteiger partial charge >= 0.3 is 6.18 Å². The summed E-state index contributed by atoms with van der Waals surface area (Å²) in [4.78, 5) is 16.1. The van der Waals surface area contributed by atoms with Crippen LogP contribution in [0.2, 0.25) is 0 Å². The van der Waals surface area contributed by atoms with Crippen LogP contribution in [0.15, 0.2) is 48.5 Å². The molecular weight excluding hydrogens is 403 g/mol. The summed E-state index contributed by atoms with van der Waals surface area (Å²) in [5, 5.41) is 2.99. The van der Waals surface area contributed by atoms with Crippen molar-refractivity contribution in [1.82, 2.24) is 15.1 Å². The average Bonchev–Trinajstić information content (AvgIpc) is 2.72. The highest BCUT2D eigenvalue weighted by molar-refractivity contribution is 5.79. The van der Waals surface area contributed by atoms with Crippen molar-refractivity contribution in [3.63, 3.8) is 0 Å². The number of benzene rings is 2. The lowest BCUT2D eigenvalue weighted by molar-refractivity contribution is -0.149. The zero-order valence-electron chi connectivity index (χ0n) is 18.1. The van der Waals surface area contributed by atoms with Gasteiger partial charge in [-0.15, -0.1) is 0 Å². The molecule has 168 valence electrons. The van der Waals surface area contributed by atoms with E-state index >= 15 is 0 Å². The number of rotatable bonds is 7. The Labute approximate surface area is 182 Å². The number of hydrogen-bond acceptors (Lipinski definition) is 3. The van der Waals surface area contributed by atoms with Gasteiger partial charge in [0.05, 0.1) is 6.54 Å². The Morgan fingerprint density at radius 2 is 1.71 bits per heavy atom. The number of hydrogen-bond donors (Lipinski definition) is 1. The lowest BCUT2D eigenvalue weighted by Crippen LogP contribution is -2.43. The molecule has 0 bridgehead atoms. The zero-order valence-corrected chi connectivity index (χ0v) is 18.1. The number of carbonyl (C=O) groups excluding carboxylic acids is 1. The summed E-state index contributed by atoms with van der Waals surface area (Å²) in [7, 11) is 4.07. The lowest BCUT2D eigenvalue weighted by atomic mass is 9.95. The number of nitrogens with zero attached hydrogens (tertiary/aromatic N) is 2. The second-order valence-corrected chi connectivity index (χ2v) is 8.48. The molecular formula is C24H30F3N3O. The van der Waals surface area contributed by atoms with Crippen molar-refractivity contribution in [1.29, 1.82) is 0 Å². The van der Waals surface area contributed by atoms with E-state index < -0.39 is 12.7 Å². The third kappa shape index (κ3) is 7.08. The molecule has 7 heteroatoms. The van der Waals surface area contributed by atoms with Crippen LogP contribution in [0.1, 0.15) is 24.0 Å². The fourth-order valence-corrected chi connectivity index (χ4v) is 4.04. The van der Waals surface area contributed by atoms with Crippen LogP contribution in [-0.4, -0.2) is 55.6 Å². The first-order valence-corrected chi connectivity index (χ1v) is 10.6. The summed E-state index contributed by atoms with van der Waals surface area (Å²) >= 11 is 0. The molecule has 0 aliphatic carbocycles. The van der Waals surface area contributed by atoms with Crippen molar-refractivity contribution < 1.29 is 18.0 Å². The van der Waals surface area contributed by atoms with Crippen LogP contribution in [0.3, 0.4) is 0 Å². The molecule has 0 unspecified atom stereocenters. The highest BCUT2D eigenvalue weighted by atomic mass is 19.4. The van der Waals surface area contributed by atoms with Gasteiger partial charge in [0.25, 0.3) is 0 Å². The Morgan fingerprint density at radius 3 is 2.32 bits per heavy atom. The minimum Gasteiger partial charge on any atom is -0.352 e. The number of likely N-dealkylation sites (tertiary alicyclic amines) is 1. The van der Waals surface area contributed by atoms with E-state index in [1.807, 2.05) is 38.4 Å².